The normalized spacial score (nSPS) is 10.3. The molecule has 0 aromatic heterocycles. The zero-order valence-electron chi connectivity index (χ0n) is 10.1. The van der Waals surface area contributed by atoms with Crippen molar-refractivity contribution >= 4 is 5.97 Å². The van der Waals surface area contributed by atoms with Gasteiger partial charge in [-0.1, -0.05) is 31.2 Å². The summed E-state index contributed by atoms with van der Waals surface area (Å²) < 4.78 is 0. The Bertz CT molecular complexity index is 571. The number of hydrogen-bond donors (Lipinski definition) is 2. The third-order valence-electron chi connectivity index (χ3n) is 2.92. The average molecular weight is 242 g/mol. The van der Waals surface area contributed by atoms with Crippen LogP contribution >= 0.6 is 0 Å². The molecule has 2 rings (SSSR count). The summed E-state index contributed by atoms with van der Waals surface area (Å²) in [4.78, 5) is 10.9. The molecule has 2 N–H and O–H groups in total. The van der Waals surface area contributed by atoms with Crippen molar-refractivity contribution in [3.8, 4) is 16.9 Å². The van der Waals surface area contributed by atoms with Crippen molar-refractivity contribution in [2.24, 2.45) is 0 Å². The number of carboxylic acid groups (broad SMARTS) is 1. The molecule has 0 amide bonds. The van der Waals surface area contributed by atoms with Crippen LogP contribution in [-0.2, 0) is 6.42 Å². The van der Waals surface area contributed by atoms with Crippen molar-refractivity contribution in [2.45, 2.75) is 13.3 Å². The zero-order valence-corrected chi connectivity index (χ0v) is 10.1. The molecule has 0 aliphatic carbocycles. The van der Waals surface area contributed by atoms with Crippen LogP contribution in [0.15, 0.2) is 42.5 Å². The summed E-state index contributed by atoms with van der Waals surface area (Å²) in [6, 6.07) is 12.0. The topological polar surface area (TPSA) is 57.5 Å². The van der Waals surface area contributed by atoms with Crippen LogP contribution in [0.25, 0.3) is 11.1 Å². The molecule has 0 unspecified atom stereocenters. The number of hydrogen-bond acceptors (Lipinski definition) is 2. The van der Waals surface area contributed by atoms with Crippen LogP contribution in [0.4, 0.5) is 0 Å². The molecule has 0 bridgehead atoms. The Labute approximate surface area is 105 Å². The molecule has 2 aromatic carbocycles. The summed E-state index contributed by atoms with van der Waals surface area (Å²) in [7, 11) is 0. The number of aromatic hydroxyl groups is 1. The van der Waals surface area contributed by atoms with Crippen molar-refractivity contribution < 1.29 is 15.0 Å². The van der Waals surface area contributed by atoms with Gasteiger partial charge in [-0.3, -0.25) is 0 Å². The first-order chi connectivity index (χ1) is 8.61. The first-order valence-corrected chi connectivity index (χ1v) is 5.77. The lowest BCUT2D eigenvalue weighted by molar-refractivity contribution is 0.0697. The molecule has 0 atom stereocenters. The molecule has 0 spiro atoms. The van der Waals surface area contributed by atoms with Crippen molar-refractivity contribution in [3.05, 3.63) is 53.6 Å². The van der Waals surface area contributed by atoms with Gasteiger partial charge in [0.25, 0.3) is 0 Å². The van der Waals surface area contributed by atoms with Crippen molar-refractivity contribution in [2.75, 3.05) is 0 Å². The number of carbonyl (C=O) groups is 1. The average Bonchev–Trinajstić information content (AvgIpc) is 2.39. The van der Waals surface area contributed by atoms with Crippen LogP contribution in [0, 0.1) is 0 Å². The van der Waals surface area contributed by atoms with Gasteiger partial charge in [0.2, 0.25) is 0 Å². The highest BCUT2D eigenvalue weighted by atomic mass is 16.4. The molecule has 0 radical (unpaired) electrons. The summed E-state index contributed by atoms with van der Waals surface area (Å²) >= 11 is 0. The van der Waals surface area contributed by atoms with Crippen molar-refractivity contribution in [3.63, 3.8) is 0 Å². The minimum absolute atomic E-state index is 0.0873. The standard InChI is InChI=1S/C15H14O3/c1-2-10-3-5-11(6-4-10)13-9-12(15(17)18)7-8-14(13)16/h3-9,16H,2H2,1H3,(H,17,18). The van der Waals surface area contributed by atoms with Gasteiger partial charge in [-0.15, -0.1) is 0 Å². The van der Waals surface area contributed by atoms with E-state index in [1.807, 2.05) is 24.3 Å². The lowest BCUT2D eigenvalue weighted by Gasteiger charge is -2.07. The first kappa shape index (κ1) is 12.2. The van der Waals surface area contributed by atoms with E-state index in [2.05, 4.69) is 6.92 Å². The van der Waals surface area contributed by atoms with Crippen LogP contribution in [0.1, 0.15) is 22.8 Å². The Balaban J connectivity index is 2.48. The fourth-order valence-electron chi connectivity index (χ4n) is 1.82. The molecule has 0 saturated carbocycles. The lowest BCUT2D eigenvalue weighted by atomic mass is 10.00. The summed E-state index contributed by atoms with van der Waals surface area (Å²) in [6.45, 7) is 2.07. The van der Waals surface area contributed by atoms with Crippen LogP contribution < -0.4 is 0 Å². The van der Waals surface area contributed by atoms with Gasteiger partial charge in [-0.2, -0.15) is 0 Å². The number of phenolic OH excluding ortho intramolecular Hbond substituents is 1. The van der Waals surface area contributed by atoms with Crippen LogP contribution in [0.2, 0.25) is 0 Å². The number of rotatable bonds is 3. The van der Waals surface area contributed by atoms with Gasteiger partial charge in [-0.05, 0) is 35.7 Å². The van der Waals surface area contributed by atoms with E-state index in [9.17, 15) is 9.90 Å². The van der Waals surface area contributed by atoms with Crippen LogP contribution in [-0.4, -0.2) is 16.2 Å². The summed E-state index contributed by atoms with van der Waals surface area (Å²) in [5, 5.41) is 18.8. The van der Waals surface area contributed by atoms with Gasteiger partial charge in [0, 0.05) is 5.56 Å². The largest absolute Gasteiger partial charge is 0.507 e. The molecule has 3 heteroatoms. The summed E-state index contributed by atoms with van der Waals surface area (Å²) in [6.07, 6.45) is 0.946. The van der Waals surface area contributed by atoms with Crippen LogP contribution in [0.3, 0.4) is 0 Å². The smallest absolute Gasteiger partial charge is 0.335 e. The van der Waals surface area contributed by atoms with E-state index < -0.39 is 5.97 Å². The number of carboxylic acids is 1. The number of aromatic carboxylic acids is 1. The monoisotopic (exact) mass is 242 g/mol. The molecule has 3 nitrogen and oxygen atoms in total. The van der Waals surface area contributed by atoms with Crippen LogP contribution in [0.5, 0.6) is 5.75 Å². The fourth-order valence-corrected chi connectivity index (χ4v) is 1.82. The predicted molar refractivity (Wildman–Crippen MR) is 69.9 cm³/mol. The minimum atomic E-state index is -0.999. The second-order valence-corrected chi connectivity index (χ2v) is 4.09. The molecule has 2 aromatic rings. The van der Waals surface area contributed by atoms with Gasteiger partial charge < -0.3 is 10.2 Å². The molecular formula is C15H14O3. The van der Waals surface area contributed by atoms with Gasteiger partial charge >= 0.3 is 5.97 Å². The van der Waals surface area contributed by atoms with E-state index in [1.54, 1.807) is 0 Å². The molecule has 0 saturated heterocycles. The highest BCUT2D eigenvalue weighted by Gasteiger charge is 2.09. The van der Waals surface area contributed by atoms with Gasteiger partial charge in [-0.25, -0.2) is 4.79 Å². The molecule has 0 heterocycles. The maximum absolute atomic E-state index is 10.9. The maximum Gasteiger partial charge on any atom is 0.335 e. The number of benzene rings is 2. The summed E-state index contributed by atoms with van der Waals surface area (Å²) in [5.41, 5.74) is 2.72. The Morgan fingerprint density at radius 2 is 1.78 bits per heavy atom. The van der Waals surface area contributed by atoms with E-state index in [0.29, 0.717) is 5.56 Å². The second kappa shape index (κ2) is 4.92. The molecule has 0 aliphatic heterocycles. The van der Waals surface area contributed by atoms with Gasteiger partial charge in [0.05, 0.1) is 5.56 Å². The summed E-state index contributed by atoms with van der Waals surface area (Å²) in [5.74, 6) is -0.911. The van der Waals surface area contributed by atoms with E-state index >= 15 is 0 Å². The molecule has 0 aliphatic rings. The first-order valence-electron chi connectivity index (χ1n) is 5.77. The lowest BCUT2D eigenvalue weighted by Crippen LogP contribution is -1.96. The van der Waals surface area contributed by atoms with Crippen molar-refractivity contribution in [1.82, 2.24) is 0 Å². The minimum Gasteiger partial charge on any atom is -0.507 e. The SMILES string of the molecule is CCc1ccc(-c2cc(C(=O)O)ccc2O)cc1. The number of phenols is 1. The molecule has 92 valence electrons. The van der Waals surface area contributed by atoms with E-state index in [-0.39, 0.29) is 11.3 Å². The van der Waals surface area contributed by atoms with Gasteiger partial charge in [0.1, 0.15) is 5.75 Å². The number of aryl methyl sites for hydroxylation is 1. The fraction of sp³-hybridized carbons (Fsp3) is 0.133. The zero-order chi connectivity index (χ0) is 13.1. The Hall–Kier alpha value is -2.29. The molecule has 18 heavy (non-hydrogen) atoms. The van der Waals surface area contributed by atoms with E-state index in [1.165, 1.54) is 23.8 Å². The quantitative estimate of drug-likeness (QED) is 0.868. The Morgan fingerprint density at radius 3 is 2.33 bits per heavy atom. The highest BCUT2D eigenvalue weighted by Crippen LogP contribution is 2.30. The Morgan fingerprint density at radius 1 is 1.11 bits per heavy atom. The molecule has 0 fully saturated rings. The highest BCUT2D eigenvalue weighted by molar-refractivity contribution is 5.90. The van der Waals surface area contributed by atoms with Crippen molar-refractivity contribution in [1.29, 1.82) is 0 Å². The maximum atomic E-state index is 10.9. The van der Waals surface area contributed by atoms with E-state index in [0.717, 1.165) is 12.0 Å². The molecular weight excluding hydrogens is 228 g/mol. The van der Waals surface area contributed by atoms with E-state index in [4.69, 9.17) is 5.11 Å². The Kier molecular flexibility index (Phi) is 3.33. The second-order valence-electron chi connectivity index (χ2n) is 4.09. The van der Waals surface area contributed by atoms with Gasteiger partial charge in [0.15, 0.2) is 0 Å². The third-order valence-corrected chi connectivity index (χ3v) is 2.92. The predicted octanol–water partition coefficient (Wildman–Crippen LogP) is 3.32. The third kappa shape index (κ3) is 2.35.